The number of carbonyl (C=O) groups is 1. The number of primary amides is 1. The molecule has 3 aromatic rings. The Bertz CT molecular complexity index is 906. The molecule has 3 aromatic heterocycles. The Kier molecular flexibility index (Phi) is 3.83. The zero-order valence-corrected chi connectivity index (χ0v) is 13.5. The highest BCUT2D eigenvalue weighted by Crippen LogP contribution is 2.38. The third-order valence-electron chi connectivity index (χ3n) is 3.22. The topological polar surface area (TPSA) is 117 Å². The third kappa shape index (κ3) is 2.68. The van der Waals surface area contributed by atoms with E-state index in [2.05, 4.69) is 15.0 Å². The summed E-state index contributed by atoms with van der Waals surface area (Å²) in [6, 6.07) is 1.83. The number of aryl methyl sites for hydroxylation is 1. The minimum Gasteiger partial charge on any atom is -0.492 e. The van der Waals surface area contributed by atoms with Crippen LogP contribution in [0.15, 0.2) is 18.5 Å². The predicted octanol–water partition coefficient (Wildman–Crippen LogP) is 2.14. The number of thiophene rings is 1. The molecular weight excluding hydrogens is 314 g/mol. The van der Waals surface area contributed by atoms with Gasteiger partial charge in [0.25, 0.3) is 5.91 Å². The average Bonchev–Trinajstić information content (AvgIpc) is 2.84. The van der Waals surface area contributed by atoms with E-state index in [4.69, 9.17) is 16.2 Å². The van der Waals surface area contributed by atoms with Gasteiger partial charge in [-0.2, -0.15) is 0 Å². The van der Waals surface area contributed by atoms with Crippen LogP contribution in [-0.2, 0) is 0 Å². The lowest BCUT2D eigenvalue weighted by Gasteiger charge is -2.07. The minimum absolute atomic E-state index is 0.287. The number of amides is 1. The second kappa shape index (κ2) is 5.81. The molecule has 23 heavy (non-hydrogen) atoms. The van der Waals surface area contributed by atoms with Crippen LogP contribution in [0.1, 0.15) is 22.4 Å². The first-order valence-corrected chi connectivity index (χ1v) is 7.77. The van der Waals surface area contributed by atoms with Crippen LogP contribution in [0.2, 0.25) is 0 Å². The summed E-state index contributed by atoms with van der Waals surface area (Å²) < 4.78 is 5.48. The number of pyridine rings is 1. The summed E-state index contributed by atoms with van der Waals surface area (Å²) in [7, 11) is 0. The van der Waals surface area contributed by atoms with E-state index in [1.54, 1.807) is 19.3 Å². The number of hydrogen-bond acceptors (Lipinski definition) is 7. The van der Waals surface area contributed by atoms with Crippen molar-refractivity contribution < 1.29 is 9.53 Å². The van der Waals surface area contributed by atoms with Gasteiger partial charge in [-0.25, -0.2) is 9.97 Å². The van der Waals surface area contributed by atoms with Gasteiger partial charge in [0.1, 0.15) is 21.3 Å². The molecule has 0 aliphatic heterocycles. The first kappa shape index (κ1) is 15.2. The number of aromatic nitrogens is 3. The molecule has 4 N–H and O–H groups in total. The van der Waals surface area contributed by atoms with Crippen LogP contribution in [0.25, 0.3) is 21.5 Å². The molecule has 3 heterocycles. The van der Waals surface area contributed by atoms with Crippen molar-refractivity contribution in [3.8, 4) is 17.0 Å². The van der Waals surface area contributed by atoms with Gasteiger partial charge in [0.05, 0.1) is 29.6 Å². The Balaban J connectivity index is 2.28. The maximum atomic E-state index is 11.5. The lowest BCUT2D eigenvalue weighted by atomic mass is 10.1. The molecule has 0 bridgehead atoms. The fourth-order valence-corrected chi connectivity index (χ4v) is 3.31. The average molecular weight is 329 g/mol. The van der Waals surface area contributed by atoms with E-state index in [9.17, 15) is 4.79 Å². The van der Waals surface area contributed by atoms with Gasteiger partial charge in [-0.15, -0.1) is 11.3 Å². The monoisotopic (exact) mass is 329 g/mol. The predicted molar refractivity (Wildman–Crippen MR) is 89.5 cm³/mol. The molecule has 7 nitrogen and oxygen atoms in total. The quantitative estimate of drug-likeness (QED) is 0.757. The van der Waals surface area contributed by atoms with Crippen molar-refractivity contribution in [3.63, 3.8) is 0 Å². The lowest BCUT2D eigenvalue weighted by Crippen LogP contribution is -2.10. The molecule has 0 radical (unpaired) electrons. The van der Waals surface area contributed by atoms with Crippen molar-refractivity contribution in [2.24, 2.45) is 5.73 Å². The summed E-state index contributed by atoms with van der Waals surface area (Å²) in [5.74, 6) is 0.639. The maximum Gasteiger partial charge on any atom is 0.260 e. The minimum atomic E-state index is -0.574. The normalized spacial score (nSPS) is 10.9. The van der Waals surface area contributed by atoms with Gasteiger partial charge in [-0.3, -0.25) is 9.78 Å². The number of fused-ring (bicyclic) bond motifs is 1. The van der Waals surface area contributed by atoms with E-state index in [0.29, 0.717) is 39.8 Å². The molecule has 118 valence electrons. The van der Waals surface area contributed by atoms with Gasteiger partial charge >= 0.3 is 0 Å². The molecule has 0 spiro atoms. The van der Waals surface area contributed by atoms with Crippen LogP contribution in [0, 0.1) is 6.92 Å². The first-order valence-electron chi connectivity index (χ1n) is 6.96. The van der Waals surface area contributed by atoms with Crippen LogP contribution >= 0.6 is 11.3 Å². The van der Waals surface area contributed by atoms with Crippen molar-refractivity contribution in [1.29, 1.82) is 0 Å². The number of ether oxygens (including phenoxy) is 1. The van der Waals surface area contributed by atoms with E-state index < -0.39 is 5.91 Å². The van der Waals surface area contributed by atoms with Gasteiger partial charge in [0.2, 0.25) is 0 Å². The van der Waals surface area contributed by atoms with Crippen molar-refractivity contribution in [3.05, 3.63) is 29.2 Å². The number of nitrogen functional groups attached to an aromatic ring is 1. The number of nitrogens with two attached hydrogens (primary N) is 2. The molecule has 0 fully saturated rings. The first-order chi connectivity index (χ1) is 11.0. The highest BCUT2D eigenvalue weighted by atomic mass is 32.1. The number of anilines is 1. The SMILES string of the molecule is CCOc1cncc(-c2nc(C)nc3sc(C(N)=O)c(N)c23)c1. The van der Waals surface area contributed by atoms with E-state index in [-0.39, 0.29) is 4.88 Å². The zero-order chi connectivity index (χ0) is 16.6. The molecule has 3 rings (SSSR count). The summed E-state index contributed by atoms with van der Waals surface area (Å²) in [5, 5.41) is 0.616. The molecule has 0 saturated carbocycles. The molecule has 0 saturated heterocycles. The van der Waals surface area contributed by atoms with Crippen molar-refractivity contribution in [1.82, 2.24) is 15.0 Å². The molecule has 1 amide bonds. The summed E-state index contributed by atoms with van der Waals surface area (Å²) >= 11 is 1.17. The van der Waals surface area contributed by atoms with E-state index in [0.717, 1.165) is 5.56 Å². The van der Waals surface area contributed by atoms with Gasteiger partial charge in [-0.05, 0) is 19.9 Å². The second-order valence-corrected chi connectivity index (χ2v) is 5.85. The molecule has 0 aromatic carbocycles. The van der Waals surface area contributed by atoms with Crippen molar-refractivity contribution in [2.75, 3.05) is 12.3 Å². The van der Waals surface area contributed by atoms with Crippen molar-refractivity contribution >= 4 is 33.1 Å². The number of nitrogens with zero attached hydrogens (tertiary/aromatic N) is 3. The van der Waals surface area contributed by atoms with E-state index >= 15 is 0 Å². The Morgan fingerprint density at radius 3 is 2.83 bits per heavy atom. The largest absolute Gasteiger partial charge is 0.492 e. The van der Waals surface area contributed by atoms with E-state index in [1.807, 2.05) is 13.0 Å². The number of carbonyl (C=O) groups excluding carboxylic acids is 1. The van der Waals surface area contributed by atoms with Crippen LogP contribution in [-0.4, -0.2) is 27.5 Å². The van der Waals surface area contributed by atoms with Gasteiger partial charge in [-0.1, -0.05) is 0 Å². The van der Waals surface area contributed by atoms with Crippen molar-refractivity contribution in [2.45, 2.75) is 13.8 Å². The van der Waals surface area contributed by atoms with Gasteiger partial charge in [0, 0.05) is 11.8 Å². The van der Waals surface area contributed by atoms with E-state index in [1.165, 1.54) is 11.3 Å². The summed E-state index contributed by atoms with van der Waals surface area (Å²) in [4.78, 5) is 25.4. The van der Waals surface area contributed by atoms with Crippen LogP contribution in [0.5, 0.6) is 5.75 Å². The fraction of sp³-hybridized carbons (Fsp3) is 0.200. The Morgan fingerprint density at radius 1 is 1.35 bits per heavy atom. The number of rotatable bonds is 4. The highest BCUT2D eigenvalue weighted by molar-refractivity contribution is 7.21. The zero-order valence-electron chi connectivity index (χ0n) is 12.7. The van der Waals surface area contributed by atoms with Crippen LogP contribution < -0.4 is 16.2 Å². The molecule has 8 heteroatoms. The Labute approximate surface area is 136 Å². The summed E-state index contributed by atoms with van der Waals surface area (Å²) in [6.45, 7) is 4.22. The van der Waals surface area contributed by atoms with Crippen LogP contribution in [0.3, 0.4) is 0 Å². The third-order valence-corrected chi connectivity index (χ3v) is 4.34. The molecule has 0 aliphatic carbocycles. The lowest BCUT2D eigenvalue weighted by molar-refractivity contribution is 0.100. The molecule has 0 aliphatic rings. The fourth-order valence-electron chi connectivity index (χ4n) is 2.31. The highest BCUT2D eigenvalue weighted by Gasteiger charge is 2.20. The maximum absolute atomic E-state index is 11.5. The van der Waals surface area contributed by atoms with Crippen LogP contribution in [0.4, 0.5) is 5.69 Å². The van der Waals surface area contributed by atoms with Gasteiger partial charge < -0.3 is 16.2 Å². The summed E-state index contributed by atoms with van der Waals surface area (Å²) in [6.07, 6.45) is 3.30. The second-order valence-electron chi connectivity index (χ2n) is 4.85. The Morgan fingerprint density at radius 2 is 2.13 bits per heavy atom. The molecule has 0 atom stereocenters. The standard InChI is InChI=1S/C15H15N5O2S/c1-3-22-9-4-8(5-18-6-9)12-10-11(16)13(14(17)21)23-15(10)20-7(2)19-12/h4-6H,3,16H2,1-2H3,(H2,17,21). The molecule has 0 unspecified atom stereocenters. The molecular formula is C15H15N5O2S. The number of hydrogen-bond donors (Lipinski definition) is 2. The smallest absolute Gasteiger partial charge is 0.260 e. The Hall–Kier alpha value is -2.74. The van der Waals surface area contributed by atoms with Gasteiger partial charge in [0.15, 0.2) is 0 Å². The summed E-state index contributed by atoms with van der Waals surface area (Å²) in [5.41, 5.74) is 13.1.